The average molecular weight is 621 g/mol. The minimum atomic E-state index is -0.198. The first kappa shape index (κ1) is 27.1. The number of nitrogens with zero attached hydrogens (tertiary/aromatic N) is 3. The van der Waals surface area contributed by atoms with Gasteiger partial charge in [-0.2, -0.15) is 9.78 Å². The summed E-state index contributed by atoms with van der Waals surface area (Å²) in [5.41, 5.74) is 2.08. The number of ether oxygens (including phenoxy) is 5. The van der Waals surface area contributed by atoms with Crippen LogP contribution in [0.1, 0.15) is 55.0 Å². The van der Waals surface area contributed by atoms with Crippen LogP contribution in [0.25, 0.3) is 10.9 Å². The van der Waals surface area contributed by atoms with Crippen LogP contribution in [-0.2, 0) is 6.61 Å². The van der Waals surface area contributed by atoms with Crippen molar-refractivity contribution in [2.75, 3.05) is 21.0 Å². The maximum Gasteiger partial charge on any atom is 0.282 e. The summed E-state index contributed by atoms with van der Waals surface area (Å²) in [5, 5.41) is 5.17. The fraction of sp³-hybridized carbons (Fsp3) is 0.323. The highest BCUT2D eigenvalue weighted by Crippen LogP contribution is 2.40. The summed E-state index contributed by atoms with van der Waals surface area (Å²) in [4.78, 5) is 18.6. The summed E-state index contributed by atoms with van der Waals surface area (Å²) in [6.07, 6.45) is 7.04. The third kappa shape index (κ3) is 5.61. The van der Waals surface area contributed by atoms with Crippen LogP contribution in [0, 0.1) is 0 Å². The van der Waals surface area contributed by atoms with Crippen LogP contribution >= 0.6 is 15.9 Å². The van der Waals surface area contributed by atoms with Gasteiger partial charge in [-0.3, -0.25) is 4.79 Å². The van der Waals surface area contributed by atoms with E-state index in [1.165, 1.54) is 11.1 Å². The number of halogens is 1. The van der Waals surface area contributed by atoms with Crippen LogP contribution in [0.4, 0.5) is 0 Å². The SMILES string of the molecule is COc1cc(C=Nn2c(C3CCCCC3)nc3ccc(Br)cc3c2=O)cc(OC)c1OCc1ccc2c(c1)OCO2. The summed E-state index contributed by atoms with van der Waals surface area (Å²) in [5.74, 6) is 3.70. The van der Waals surface area contributed by atoms with Crippen LogP contribution in [0.15, 0.2) is 62.9 Å². The Morgan fingerprint density at radius 2 is 1.76 bits per heavy atom. The number of benzene rings is 3. The van der Waals surface area contributed by atoms with Crippen molar-refractivity contribution in [1.82, 2.24) is 9.66 Å². The Morgan fingerprint density at radius 3 is 2.51 bits per heavy atom. The van der Waals surface area contributed by atoms with E-state index >= 15 is 0 Å². The molecule has 0 atom stereocenters. The summed E-state index contributed by atoms with van der Waals surface area (Å²) >= 11 is 3.48. The Hall–Kier alpha value is -4.05. The Kier molecular flexibility index (Phi) is 7.82. The molecule has 1 aliphatic heterocycles. The van der Waals surface area contributed by atoms with Gasteiger partial charge in [0.1, 0.15) is 12.4 Å². The molecule has 1 aliphatic carbocycles. The highest BCUT2D eigenvalue weighted by atomic mass is 79.9. The van der Waals surface area contributed by atoms with E-state index in [0.29, 0.717) is 51.0 Å². The van der Waals surface area contributed by atoms with Crippen molar-refractivity contribution in [3.63, 3.8) is 0 Å². The summed E-state index contributed by atoms with van der Waals surface area (Å²) < 4.78 is 30.6. The third-order valence-electron chi connectivity index (χ3n) is 7.43. The number of hydrogen-bond acceptors (Lipinski definition) is 8. The van der Waals surface area contributed by atoms with Crippen LogP contribution in [0.5, 0.6) is 28.7 Å². The first-order valence-corrected chi connectivity index (χ1v) is 14.4. The van der Waals surface area contributed by atoms with Gasteiger partial charge in [-0.05, 0) is 60.9 Å². The van der Waals surface area contributed by atoms with Crippen molar-refractivity contribution in [3.05, 3.63) is 80.3 Å². The molecule has 10 heteroatoms. The van der Waals surface area contributed by atoms with Gasteiger partial charge in [0.05, 0.1) is 31.3 Å². The van der Waals surface area contributed by atoms with Crippen molar-refractivity contribution >= 4 is 33.0 Å². The molecular weight excluding hydrogens is 590 g/mol. The fourth-order valence-corrected chi connectivity index (χ4v) is 5.69. The van der Waals surface area contributed by atoms with E-state index in [1.807, 2.05) is 30.3 Å². The predicted molar refractivity (Wildman–Crippen MR) is 159 cm³/mol. The van der Waals surface area contributed by atoms with E-state index in [1.54, 1.807) is 38.6 Å². The lowest BCUT2D eigenvalue weighted by atomic mass is 9.88. The molecule has 2 aliphatic rings. The third-order valence-corrected chi connectivity index (χ3v) is 7.92. The monoisotopic (exact) mass is 619 g/mol. The van der Waals surface area contributed by atoms with Crippen molar-refractivity contribution in [3.8, 4) is 28.7 Å². The molecular formula is C31H30BrN3O6. The summed E-state index contributed by atoms with van der Waals surface area (Å²) in [7, 11) is 3.14. The van der Waals surface area contributed by atoms with Crippen LogP contribution < -0.4 is 29.2 Å². The van der Waals surface area contributed by atoms with Crippen molar-refractivity contribution < 1.29 is 23.7 Å². The average Bonchev–Trinajstić information content (AvgIpc) is 3.48. The molecule has 0 saturated heterocycles. The fourth-order valence-electron chi connectivity index (χ4n) is 5.33. The molecule has 41 heavy (non-hydrogen) atoms. The van der Waals surface area contributed by atoms with Gasteiger partial charge in [-0.1, -0.05) is 41.3 Å². The topological polar surface area (TPSA) is 93.4 Å². The van der Waals surface area contributed by atoms with Gasteiger partial charge in [0.15, 0.2) is 23.0 Å². The minimum Gasteiger partial charge on any atom is -0.493 e. The lowest BCUT2D eigenvalue weighted by Gasteiger charge is -2.22. The van der Waals surface area contributed by atoms with Crippen molar-refractivity contribution in [1.29, 1.82) is 0 Å². The Bertz CT molecular complexity index is 1650. The van der Waals surface area contributed by atoms with Crippen LogP contribution in [-0.4, -0.2) is 36.9 Å². The molecule has 0 spiro atoms. The molecule has 0 amide bonds. The van der Waals surface area contributed by atoms with E-state index in [0.717, 1.165) is 35.7 Å². The molecule has 0 radical (unpaired) electrons. The second-order valence-corrected chi connectivity index (χ2v) is 11.0. The summed E-state index contributed by atoms with van der Waals surface area (Å²) in [6, 6.07) is 14.8. The molecule has 0 unspecified atom stereocenters. The molecule has 6 rings (SSSR count). The molecule has 1 saturated carbocycles. The molecule has 2 heterocycles. The molecule has 1 aromatic heterocycles. The van der Waals surface area contributed by atoms with Gasteiger partial charge < -0.3 is 23.7 Å². The lowest BCUT2D eigenvalue weighted by molar-refractivity contribution is 0.174. The molecule has 0 N–H and O–H groups in total. The van der Waals surface area contributed by atoms with Gasteiger partial charge in [0, 0.05) is 16.0 Å². The second kappa shape index (κ2) is 11.8. The van der Waals surface area contributed by atoms with Gasteiger partial charge in [-0.15, -0.1) is 0 Å². The van der Waals surface area contributed by atoms with E-state index in [9.17, 15) is 4.79 Å². The summed E-state index contributed by atoms with van der Waals surface area (Å²) in [6.45, 7) is 0.487. The quantitative estimate of drug-likeness (QED) is 0.210. The minimum absolute atomic E-state index is 0.178. The number of aromatic nitrogens is 2. The van der Waals surface area contributed by atoms with Crippen molar-refractivity contribution in [2.24, 2.45) is 5.10 Å². The standard InChI is InChI=1S/C31H30BrN3O6/c1-37-27-13-20(14-28(38-2)29(27)39-17-19-8-11-25-26(12-19)41-18-40-25)16-33-35-30(21-6-4-3-5-7-21)34-24-10-9-22(32)15-23(24)31(35)36/h8-16,21H,3-7,17-18H2,1-2H3. The van der Waals surface area contributed by atoms with Gasteiger partial charge in [0.25, 0.3) is 5.56 Å². The maximum atomic E-state index is 13.7. The molecule has 1 fully saturated rings. The Balaban J connectivity index is 1.33. The first-order valence-electron chi connectivity index (χ1n) is 13.6. The smallest absolute Gasteiger partial charge is 0.282 e. The highest BCUT2D eigenvalue weighted by molar-refractivity contribution is 9.10. The van der Waals surface area contributed by atoms with Gasteiger partial charge in [-0.25, -0.2) is 4.98 Å². The lowest BCUT2D eigenvalue weighted by Crippen LogP contribution is -2.25. The normalized spacial score (nSPS) is 15.0. The molecule has 212 valence electrons. The number of fused-ring (bicyclic) bond motifs is 2. The van der Waals surface area contributed by atoms with Gasteiger partial charge >= 0.3 is 0 Å². The maximum absolute atomic E-state index is 13.7. The molecule has 9 nitrogen and oxygen atoms in total. The second-order valence-electron chi connectivity index (χ2n) is 10.1. The largest absolute Gasteiger partial charge is 0.493 e. The van der Waals surface area contributed by atoms with E-state index in [2.05, 4.69) is 21.0 Å². The predicted octanol–water partition coefficient (Wildman–Crippen LogP) is 6.41. The zero-order chi connectivity index (χ0) is 28.3. The zero-order valence-electron chi connectivity index (χ0n) is 22.9. The van der Waals surface area contributed by atoms with Crippen LogP contribution in [0.3, 0.4) is 0 Å². The van der Waals surface area contributed by atoms with E-state index in [4.69, 9.17) is 28.7 Å². The Labute approximate surface area is 245 Å². The van der Waals surface area contributed by atoms with Crippen LogP contribution in [0.2, 0.25) is 0 Å². The number of rotatable bonds is 8. The molecule has 3 aromatic carbocycles. The zero-order valence-corrected chi connectivity index (χ0v) is 24.5. The van der Waals surface area contributed by atoms with Gasteiger partial charge in [0.2, 0.25) is 12.5 Å². The molecule has 4 aromatic rings. The number of methoxy groups -OCH3 is 2. The highest BCUT2D eigenvalue weighted by Gasteiger charge is 2.23. The number of hydrogen-bond donors (Lipinski definition) is 0. The van der Waals surface area contributed by atoms with E-state index < -0.39 is 0 Å². The van der Waals surface area contributed by atoms with E-state index in [-0.39, 0.29) is 24.9 Å². The Morgan fingerprint density at radius 1 is 1.00 bits per heavy atom. The molecule has 0 bridgehead atoms. The van der Waals surface area contributed by atoms with Crippen molar-refractivity contribution in [2.45, 2.75) is 44.6 Å². The first-order chi connectivity index (χ1) is 20.0.